The number of benzene rings is 1. The molecule has 0 bridgehead atoms. The summed E-state index contributed by atoms with van der Waals surface area (Å²) < 4.78 is 0. The first-order chi connectivity index (χ1) is 12.0. The Balaban J connectivity index is 1.49. The van der Waals surface area contributed by atoms with Crippen molar-refractivity contribution >= 4 is 11.4 Å². The molecule has 5 nitrogen and oxygen atoms in total. The first-order valence-electron chi connectivity index (χ1n) is 9.08. The van der Waals surface area contributed by atoms with Crippen molar-refractivity contribution in [2.45, 2.75) is 26.2 Å². The molecule has 134 valence electrons. The van der Waals surface area contributed by atoms with Crippen molar-refractivity contribution in [3.63, 3.8) is 0 Å². The maximum atomic E-state index is 10.8. The van der Waals surface area contributed by atoms with Gasteiger partial charge in [0.1, 0.15) is 0 Å². The number of nitrogens with zero attached hydrogens (tertiary/aromatic N) is 3. The third-order valence-corrected chi connectivity index (χ3v) is 5.43. The Hall–Kier alpha value is -2.14. The van der Waals surface area contributed by atoms with Crippen LogP contribution < -0.4 is 4.90 Å². The molecule has 1 fully saturated rings. The molecule has 1 aliphatic carbocycles. The molecule has 2 aliphatic rings. The lowest BCUT2D eigenvalue weighted by atomic mass is 9.85. The molecule has 1 heterocycles. The van der Waals surface area contributed by atoms with Gasteiger partial charge in [-0.15, -0.1) is 0 Å². The van der Waals surface area contributed by atoms with Crippen LogP contribution in [0.1, 0.15) is 26.2 Å². The van der Waals surface area contributed by atoms with Crippen LogP contribution in [0.5, 0.6) is 0 Å². The van der Waals surface area contributed by atoms with E-state index < -0.39 is 0 Å². The fourth-order valence-electron chi connectivity index (χ4n) is 3.72. The Bertz CT molecular complexity index is 658. The van der Waals surface area contributed by atoms with E-state index in [1.807, 2.05) is 12.1 Å². The number of hydrogen-bond acceptors (Lipinski definition) is 4. The second-order valence-electron chi connectivity index (χ2n) is 7.22. The summed E-state index contributed by atoms with van der Waals surface area (Å²) in [5.74, 6) is 0.669. The number of hydrogen-bond donors (Lipinski definition) is 0. The lowest BCUT2D eigenvalue weighted by Crippen LogP contribution is -2.47. The van der Waals surface area contributed by atoms with Gasteiger partial charge in [0.2, 0.25) is 0 Å². The van der Waals surface area contributed by atoms with Gasteiger partial charge in [-0.3, -0.25) is 15.0 Å². The summed E-state index contributed by atoms with van der Waals surface area (Å²) >= 11 is 0. The number of nitro groups is 1. The summed E-state index contributed by atoms with van der Waals surface area (Å²) in [4.78, 5) is 15.2. The van der Waals surface area contributed by atoms with Crippen molar-refractivity contribution in [3.8, 4) is 0 Å². The van der Waals surface area contributed by atoms with E-state index in [0.717, 1.165) is 44.8 Å². The zero-order valence-corrected chi connectivity index (χ0v) is 15.0. The maximum absolute atomic E-state index is 10.8. The predicted molar refractivity (Wildman–Crippen MR) is 102 cm³/mol. The molecular formula is C20H27N3O2. The zero-order chi connectivity index (χ0) is 17.8. The highest BCUT2D eigenvalue weighted by Gasteiger charge is 2.21. The van der Waals surface area contributed by atoms with Gasteiger partial charge in [0.15, 0.2) is 0 Å². The van der Waals surface area contributed by atoms with E-state index in [1.165, 1.54) is 18.4 Å². The molecule has 1 aliphatic heterocycles. The molecule has 1 atom stereocenters. The van der Waals surface area contributed by atoms with Gasteiger partial charge in [0.05, 0.1) is 4.92 Å². The molecule has 0 amide bonds. The minimum absolute atomic E-state index is 0.152. The summed E-state index contributed by atoms with van der Waals surface area (Å²) in [5.41, 5.74) is 4.11. The molecule has 0 radical (unpaired) electrons. The Labute approximate surface area is 149 Å². The third kappa shape index (κ3) is 4.48. The van der Waals surface area contributed by atoms with Gasteiger partial charge in [-0.05, 0) is 44.2 Å². The monoisotopic (exact) mass is 341 g/mol. The quantitative estimate of drug-likeness (QED) is 0.461. The fraction of sp³-hybridized carbons (Fsp3) is 0.500. The highest BCUT2D eigenvalue weighted by Crippen LogP contribution is 2.29. The van der Waals surface area contributed by atoms with Crippen molar-refractivity contribution in [3.05, 3.63) is 58.2 Å². The van der Waals surface area contributed by atoms with Crippen molar-refractivity contribution in [2.75, 3.05) is 37.6 Å². The molecule has 0 aromatic heterocycles. The van der Waals surface area contributed by atoms with Gasteiger partial charge < -0.3 is 4.90 Å². The van der Waals surface area contributed by atoms with Crippen molar-refractivity contribution in [1.29, 1.82) is 0 Å². The summed E-state index contributed by atoms with van der Waals surface area (Å²) in [7, 11) is 0. The van der Waals surface area contributed by atoms with E-state index >= 15 is 0 Å². The smallest absolute Gasteiger partial charge is 0.269 e. The van der Waals surface area contributed by atoms with Crippen LogP contribution >= 0.6 is 0 Å². The molecule has 0 saturated carbocycles. The topological polar surface area (TPSA) is 49.6 Å². The third-order valence-electron chi connectivity index (χ3n) is 5.43. The van der Waals surface area contributed by atoms with Gasteiger partial charge in [-0.2, -0.15) is 0 Å². The van der Waals surface area contributed by atoms with E-state index in [2.05, 4.69) is 29.4 Å². The summed E-state index contributed by atoms with van der Waals surface area (Å²) in [6.45, 7) is 11.3. The number of piperazine rings is 1. The first kappa shape index (κ1) is 17.7. The molecule has 3 rings (SSSR count). The van der Waals surface area contributed by atoms with Crippen LogP contribution in [-0.2, 0) is 0 Å². The van der Waals surface area contributed by atoms with Crippen LogP contribution in [0.2, 0.25) is 0 Å². The van der Waals surface area contributed by atoms with Crippen LogP contribution in [0.25, 0.3) is 0 Å². The van der Waals surface area contributed by atoms with Crippen LogP contribution in [0, 0.1) is 16.0 Å². The van der Waals surface area contributed by atoms with E-state index in [4.69, 9.17) is 0 Å². The standard InChI is InChI=1S/C20H27N3O2/c1-16(2)18-5-3-17(4-6-18)15-21-11-13-22(14-12-21)19-7-9-20(10-8-19)23(24)25/h3,7-10,18H,1,4-6,11-15H2,2H3/t18-/m1/s1. The van der Waals surface area contributed by atoms with E-state index in [0.29, 0.717) is 5.92 Å². The first-order valence-corrected chi connectivity index (χ1v) is 9.08. The van der Waals surface area contributed by atoms with Crippen LogP contribution in [0.15, 0.2) is 48.1 Å². The number of non-ortho nitro benzene ring substituents is 1. The molecule has 1 aromatic carbocycles. The lowest BCUT2D eigenvalue weighted by molar-refractivity contribution is -0.384. The molecular weight excluding hydrogens is 314 g/mol. The van der Waals surface area contributed by atoms with E-state index in [-0.39, 0.29) is 10.6 Å². The maximum Gasteiger partial charge on any atom is 0.269 e. The summed E-state index contributed by atoms with van der Waals surface area (Å²) in [6, 6.07) is 6.89. The SMILES string of the molecule is C=C(C)[C@@H]1CC=C(CN2CCN(c3ccc([N+](=O)[O-])cc3)CC2)CC1. The van der Waals surface area contributed by atoms with Crippen molar-refractivity contribution < 1.29 is 4.92 Å². The minimum atomic E-state index is -0.349. The highest BCUT2D eigenvalue weighted by atomic mass is 16.6. The normalized spacial score (nSPS) is 21.7. The van der Waals surface area contributed by atoms with Gasteiger partial charge in [-0.25, -0.2) is 0 Å². The highest BCUT2D eigenvalue weighted by molar-refractivity contribution is 5.51. The Morgan fingerprint density at radius 2 is 1.92 bits per heavy atom. The predicted octanol–water partition coefficient (Wildman–Crippen LogP) is 4.02. The molecule has 1 saturated heterocycles. The molecule has 1 aromatic rings. The Morgan fingerprint density at radius 3 is 2.44 bits per heavy atom. The van der Waals surface area contributed by atoms with Gasteiger partial charge in [-0.1, -0.05) is 23.8 Å². The second kappa shape index (κ2) is 7.83. The largest absolute Gasteiger partial charge is 0.369 e. The number of anilines is 1. The average molecular weight is 341 g/mol. The molecule has 5 heteroatoms. The molecule has 25 heavy (non-hydrogen) atoms. The molecule has 0 N–H and O–H groups in total. The molecule has 0 spiro atoms. The lowest BCUT2D eigenvalue weighted by Gasteiger charge is -2.37. The van der Waals surface area contributed by atoms with Gasteiger partial charge >= 0.3 is 0 Å². The number of allylic oxidation sites excluding steroid dienone is 2. The fourth-order valence-corrected chi connectivity index (χ4v) is 3.72. The van der Waals surface area contributed by atoms with Crippen LogP contribution in [0.3, 0.4) is 0 Å². The van der Waals surface area contributed by atoms with Crippen LogP contribution in [0.4, 0.5) is 11.4 Å². The van der Waals surface area contributed by atoms with E-state index in [9.17, 15) is 10.1 Å². The second-order valence-corrected chi connectivity index (χ2v) is 7.22. The Kier molecular flexibility index (Phi) is 5.53. The summed E-state index contributed by atoms with van der Waals surface area (Å²) in [6.07, 6.45) is 6.00. The van der Waals surface area contributed by atoms with Crippen molar-refractivity contribution in [1.82, 2.24) is 4.90 Å². The van der Waals surface area contributed by atoms with Crippen LogP contribution in [-0.4, -0.2) is 42.5 Å². The average Bonchev–Trinajstić information content (AvgIpc) is 2.63. The van der Waals surface area contributed by atoms with Gasteiger partial charge in [0, 0.05) is 50.5 Å². The minimum Gasteiger partial charge on any atom is -0.369 e. The molecule has 0 unspecified atom stereocenters. The van der Waals surface area contributed by atoms with Crippen molar-refractivity contribution in [2.24, 2.45) is 5.92 Å². The number of rotatable bonds is 5. The summed E-state index contributed by atoms with van der Waals surface area (Å²) in [5, 5.41) is 10.8. The number of nitro benzene ring substituents is 1. The van der Waals surface area contributed by atoms with E-state index in [1.54, 1.807) is 17.7 Å². The van der Waals surface area contributed by atoms with Gasteiger partial charge in [0.25, 0.3) is 5.69 Å². The Morgan fingerprint density at radius 1 is 1.24 bits per heavy atom. The zero-order valence-electron chi connectivity index (χ0n) is 15.0.